The second-order valence-corrected chi connectivity index (χ2v) is 3.99. The van der Waals surface area contributed by atoms with Crippen LogP contribution in [0.2, 0.25) is 0 Å². The fourth-order valence-corrected chi connectivity index (χ4v) is 1.54. The second-order valence-electron chi connectivity index (χ2n) is 3.99. The SMILES string of the molecule is CNC(CN(C)c1ccc(F)c(C)c1)C(=O)O. The number of nitrogens with zero attached hydrogens (tertiary/aromatic N) is 1. The number of likely N-dealkylation sites (N-methyl/N-ethyl adjacent to an activating group) is 2. The van der Waals surface area contributed by atoms with Crippen LogP contribution in [0.4, 0.5) is 10.1 Å². The van der Waals surface area contributed by atoms with Crippen molar-refractivity contribution in [3.63, 3.8) is 0 Å². The first kappa shape index (κ1) is 13.4. The first-order valence-corrected chi connectivity index (χ1v) is 5.33. The van der Waals surface area contributed by atoms with Crippen LogP contribution in [0.1, 0.15) is 5.56 Å². The van der Waals surface area contributed by atoms with Gasteiger partial charge in [-0.1, -0.05) is 0 Å². The Hall–Kier alpha value is -1.62. The molecule has 0 radical (unpaired) electrons. The fourth-order valence-electron chi connectivity index (χ4n) is 1.54. The molecule has 94 valence electrons. The number of hydrogen-bond donors (Lipinski definition) is 2. The maximum absolute atomic E-state index is 13.1. The predicted octanol–water partition coefficient (Wildman–Crippen LogP) is 1.24. The minimum Gasteiger partial charge on any atom is -0.480 e. The number of carboxylic acids is 1. The lowest BCUT2D eigenvalue weighted by molar-refractivity contribution is -0.139. The molecule has 5 heteroatoms. The van der Waals surface area contributed by atoms with Crippen LogP contribution in [0.15, 0.2) is 18.2 Å². The van der Waals surface area contributed by atoms with Gasteiger partial charge >= 0.3 is 5.97 Å². The molecular formula is C12H17FN2O2. The number of aryl methyl sites for hydroxylation is 1. The Kier molecular flexibility index (Phi) is 4.45. The summed E-state index contributed by atoms with van der Waals surface area (Å²) in [5.41, 5.74) is 1.34. The molecule has 0 aromatic heterocycles. The van der Waals surface area contributed by atoms with E-state index in [4.69, 9.17) is 5.11 Å². The highest BCUT2D eigenvalue weighted by Gasteiger charge is 2.17. The van der Waals surface area contributed by atoms with Crippen LogP contribution >= 0.6 is 0 Å². The van der Waals surface area contributed by atoms with E-state index in [0.29, 0.717) is 12.1 Å². The molecule has 1 unspecified atom stereocenters. The van der Waals surface area contributed by atoms with Gasteiger partial charge in [-0.3, -0.25) is 4.79 Å². The summed E-state index contributed by atoms with van der Waals surface area (Å²) in [5.74, 6) is -1.16. The van der Waals surface area contributed by atoms with Crippen molar-refractivity contribution < 1.29 is 14.3 Å². The molecular weight excluding hydrogens is 223 g/mol. The van der Waals surface area contributed by atoms with Crippen LogP contribution in [-0.4, -0.2) is 37.8 Å². The first-order valence-electron chi connectivity index (χ1n) is 5.33. The second kappa shape index (κ2) is 5.63. The van der Waals surface area contributed by atoms with Crippen LogP contribution in [0, 0.1) is 12.7 Å². The van der Waals surface area contributed by atoms with Gasteiger partial charge < -0.3 is 15.3 Å². The number of carbonyl (C=O) groups is 1. The van der Waals surface area contributed by atoms with Crippen LogP contribution in [0.3, 0.4) is 0 Å². The van der Waals surface area contributed by atoms with Gasteiger partial charge in [0, 0.05) is 19.3 Å². The number of benzene rings is 1. The van der Waals surface area contributed by atoms with E-state index in [1.54, 1.807) is 38.1 Å². The van der Waals surface area contributed by atoms with E-state index in [1.165, 1.54) is 6.07 Å². The Labute approximate surface area is 100 Å². The number of aliphatic carboxylic acids is 1. The van der Waals surface area contributed by atoms with Crippen LogP contribution in [-0.2, 0) is 4.79 Å². The third kappa shape index (κ3) is 3.42. The molecule has 17 heavy (non-hydrogen) atoms. The number of rotatable bonds is 5. The summed E-state index contributed by atoms with van der Waals surface area (Å²) < 4.78 is 13.1. The molecule has 0 saturated carbocycles. The van der Waals surface area contributed by atoms with Gasteiger partial charge in [0.1, 0.15) is 11.9 Å². The van der Waals surface area contributed by atoms with E-state index in [1.807, 2.05) is 0 Å². The van der Waals surface area contributed by atoms with E-state index in [2.05, 4.69) is 5.32 Å². The smallest absolute Gasteiger partial charge is 0.322 e. The largest absolute Gasteiger partial charge is 0.480 e. The van der Waals surface area contributed by atoms with E-state index in [9.17, 15) is 9.18 Å². The molecule has 0 spiro atoms. The van der Waals surface area contributed by atoms with Gasteiger partial charge in [-0.15, -0.1) is 0 Å². The molecule has 0 aliphatic rings. The molecule has 0 saturated heterocycles. The summed E-state index contributed by atoms with van der Waals surface area (Å²) in [6.07, 6.45) is 0. The van der Waals surface area contributed by atoms with E-state index in [0.717, 1.165) is 5.69 Å². The monoisotopic (exact) mass is 240 g/mol. The van der Waals surface area contributed by atoms with Crippen LogP contribution in [0.25, 0.3) is 0 Å². The highest BCUT2D eigenvalue weighted by Crippen LogP contribution is 2.17. The lowest BCUT2D eigenvalue weighted by Gasteiger charge is -2.23. The van der Waals surface area contributed by atoms with Crippen molar-refractivity contribution >= 4 is 11.7 Å². The molecule has 0 heterocycles. The highest BCUT2D eigenvalue weighted by molar-refractivity contribution is 5.74. The summed E-state index contributed by atoms with van der Waals surface area (Å²) in [6, 6.07) is 4.07. The van der Waals surface area contributed by atoms with Crippen LogP contribution in [0.5, 0.6) is 0 Å². The maximum Gasteiger partial charge on any atom is 0.322 e. The molecule has 1 rings (SSSR count). The van der Waals surface area contributed by atoms with Gasteiger partial charge in [-0.25, -0.2) is 4.39 Å². The lowest BCUT2D eigenvalue weighted by atomic mass is 10.2. The van der Waals surface area contributed by atoms with Gasteiger partial charge in [0.2, 0.25) is 0 Å². The van der Waals surface area contributed by atoms with Crippen molar-refractivity contribution in [2.24, 2.45) is 0 Å². The molecule has 0 aliphatic heterocycles. The Morgan fingerprint density at radius 1 is 1.59 bits per heavy atom. The first-order chi connectivity index (χ1) is 7.95. The summed E-state index contributed by atoms with van der Waals surface area (Å²) in [5, 5.41) is 11.6. The highest BCUT2D eigenvalue weighted by atomic mass is 19.1. The Morgan fingerprint density at radius 3 is 2.71 bits per heavy atom. The zero-order valence-corrected chi connectivity index (χ0v) is 10.2. The molecule has 4 nitrogen and oxygen atoms in total. The van der Waals surface area contributed by atoms with Gasteiger partial charge in [0.05, 0.1) is 0 Å². The van der Waals surface area contributed by atoms with Crippen molar-refractivity contribution in [1.82, 2.24) is 5.32 Å². The predicted molar refractivity (Wildman–Crippen MR) is 64.9 cm³/mol. The molecule has 0 aliphatic carbocycles. The van der Waals surface area contributed by atoms with Crippen molar-refractivity contribution in [3.05, 3.63) is 29.6 Å². The molecule has 1 atom stereocenters. The molecule has 2 N–H and O–H groups in total. The van der Waals surface area contributed by atoms with Crippen LogP contribution < -0.4 is 10.2 Å². The van der Waals surface area contributed by atoms with Gasteiger partial charge in [-0.05, 0) is 37.7 Å². The van der Waals surface area contributed by atoms with Crippen molar-refractivity contribution in [2.75, 3.05) is 25.5 Å². The molecule has 1 aromatic rings. The quantitative estimate of drug-likeness (QED) is 0.813. The maximum atomic E-state index is 13.1. The van der Waals surface area contributed by atoms with Crippen molar-refractivity contribution in [3.8, 4) is 0 Å². The average molecular weight is 240 g/mol. The normalized spacial score (nSPS) is 12.2. The number of carboxylic acid groups (broad SMARTS) is 1. The van der Waals surface area contributed by atoms with E-state index in [-0.39, 0.29) is 5.82 Å². The van der Waals surface area contributed by atoms with Gasteiger partial charge in [-0.2, -0.15) is 0 Å². The fraction of sp³-hybridized carbons (Fsp3) is 0.417. The zero-order chi connectivity index (χ0) is 13.0. The molecule has 0 bridgehead atoms. The third-order valence-corrected chi connectivity index (χ3v) is 2.69. The number of anilines is 1. The third-order valence-electron chi connectivity index (χ3n) is 2.69. The number of hydrogen-bond acceptors (Lipinski definition) is 3. The van der Waals surface area contributed by atoms with E-state index < -0.39 is 12.0 Å². The Balaban J connectivity index is 2.78. The molecule has 1 aromatic carbocycles. The molecule has 0 fully saturated rings. The number of nitrogens with one attached hydrogen (secondary N) is 1. The summed E-state index contributed by atoms with van der Waals surface area (Å²) in [7, 11) is 3.38. The van der Waals surface area contributed by atoms with Gasteiger partial charge in [0.25, 0.3) is 0 Å². The summed E-state index contributed by atoms with van der Waals surface area (Å²) in [4.78, 5) is 12.6. The summed E-state index contributed by atoms with van der Waals surface area (Å²) in [6.45, 7) is 2.00. The Morgan fingerprint density at radius 2 is 2.24 bits per heavy atom. The standard InChI is InChI=1S/C12H17FN2O2/c1-8-6-9(4-5-10(8)13)15(3)7-11(14-2)12(16)17/h4-6,11,14H,7H2,1-3H3,(H,16,17). The average Bonchev–Trinajstić information content (AvgIpc) is 2.28. The zero-order valence-electron chi connectivity index (χ0n) is 10.2. The van der Waals surface area contributed by atoms with Gasteiger partial charge in [0.15, 0.2) is 0 Å². The van der Waals surface area contributed by atoms with Crippen molar-refractivity contribution in [1.29, 1.82) is 0 Å². The Bertz CT molecular complexity index is 409. The minimum absolute atomic E-state index is 0.259. The summed E-state index contributed by atoms with van der Waals surface area (Å²) >= 11 is 0. The minimum atomic E-state index is -0.904. The molecule has 0 amide bonds. The topological polar surface area (TPSA) is 52.6 Å². The van der Waals surface area contributed by atoms with Crippen molar-refractivity contribution in [2.45, 2.75) is 13.0 Å². The van der Waals surface area contributed by atoms with E-state index >= 15 is 0 Å². The number of halogens is 1. The lowest BCUT2D eigenvalue weighted by Crippen LogP contribution is -2.43.